The number of fused-ring (bicyclic) bond motifs is 1. The van der Waals surface area contributed by atoms with Crippen molar-refractivity contribution >= 4 is 29.1 Å². The summed E-state index contributed by atoms with van der Waals surface area (Å²) < 4.78 is 13.9. The van der Waals surface area contributed by atoms with E-state index in [0.29, 0.717) is 5.11 Å². The van der Waals surface area contributed by atoms with Crippen molar-refractivity contribution in [2.24, 2.45) is 0 Å². The van der Waals surface area contributed by atoms with Crippen molar-refractivity contribution in [2.45, 2.75) is 30.3 Å². The van der Waals surface area contributed by atoms with Crippen molar-refractivity contribution in [3.05, 3.63) is 65.5 Å². The van der Waals surface area contributed by atoms with Crippen molar-refractivity contribution in [1.29, 1.82) is 0 Å². The number of thioether (sulfide) groups is 1. The van der Waals surface area contributed by atoms with Gasteiger partial charge in [0, 0.05) is 10.6 Å². The van der Waals surface area contributed by atoms with Crippen LogP contribution in [0.4, 0.5) is 4.39 Å². The molecule has 0 bridgehead atoms. The predicted octanol–water partition coefficient (Wildman–Crippen LogP) is 4.59. The van der Waals surface area contributed by atoms with E-state index in [1.165, 1.54) is 11.6 Å². The van der Waals surface area contributed by atoms with Gasteiger partial charge in [-0.15, -0.1) is 11.8 Å². The third-order valence-electron chi connectivity index (χ3n) is 3.98. The van der Waals surface area contributed by atoms with Gasteiger partial charge in [0.15, 0.2) is 5.11 Å². The van der Waals surface area contributed by atoms with Gasteiger partial charge >= 0.3 is 0 Å². The first kappa shape index (κ1) is 16.3. The molecule has 2 nitrogen and oxygen atoms in total. The van der Waals surface area contributed by atoms with Crippen LogP contribution in [0.3, 0.4) is 0 Å². The van der Waals surface area contributed by atoms with Crippen LogP contribution >= 0.6 is 24.0 Å². The lowest BCUT2D eigenvalue weighted by Gasteiger charge is -2.28. The number of hydrogen-bond donors (Lipinski definition) is 2. The summed E-state index contributed by atoms with van der Waals surface area (Å²) in [5.41, 5.74) is 2.18. The van der Waals surface area contributed by atoms with E-state index < -0.39 is 0 Å². The quantitative estimate of drug-likeness (QED) is 0.794. The third-order valence-corrected chi connectivity index (χ3v) is 5.37. The Kier molecular flexibility index (Phi) is 5.18. The van der Waals surface area contributed by atoms with Crippen LogP contribution in [-0.2, 0) is 0 Å². The van der Waals surface area contributed by atoms with Crippen LogP contribution in [0.1, 0.15) is 36.6 Å². The number of rotatable bonds is 3. The molecule has 2 unspecified atom stereocenters. The summed E-state index contributed by atoms with van der Waals surface area (Å²) in [4.78, 5) is 0.746. The Balaban J connectivity index is 1.67. The molecule has 2 atom stereocenters. The second-order valence-corrected chi connectivity index (χ2v) is 7.11. The van der Waals surface area contributed by atoms with E-state index in [0.717, 1.165) is 22.6 Å². The lowest BCUT2D eigenvalue weighted by atomic mass is 10.0. The van der Waals surface area contributed by atoms with Crippen molar-refractivity contribution < 1.29 is 4.39 Å². The molecule has 0 saturated heterocycles. The van der Waals surface area contributed by atoms with Crippen LogP contribution in [0, 0.1) is 5.82 Å². The molecule has 1 heterocycles. The Morgan fingerprint density at radius 3 is 2.78 bits per heavy atom. The monoisotopic (exact) mass is 346 g/mol. The molecule has 5 heteroatoms. The van der Waals surface area contributed by atoms with Crippen molar-refractivity contribution in [3.8, 4) is 0 Å². The molecule has 1 aliphatic heterocycles. The molecule has 2 N–H and O–H groups in total. The lowest BCUT2D eigenvalue weighted by Crippen LogP contribution is -2.40. The highest BCUT2D eigenvalue weighted by atomic mass is 32.2. The molecule has 23 heavy (non-hydrogen) atoms. The Bertz CT molecular complexity index is 691. The van der Waals surface area contributed by atoms with E-state index >= 15 is 0 Å². The number of thiocarbonyl (C=S) groups is 1. The summed E-state index contributed by atoms with van der Waals surface area (Å²) >= 11 is 7.03. The highest BCUT2D eigenvalue weighted by molar-refractivity contribution is 7.99. The molecular formula is C18H19FN2S2. The molecule has 2 aromatic carbocycles. The second kappa shape index (κ2) is 7.32. The van der Waals surface area contributed by atoms with Crippen LogP contribution in [0.15, 0.2) is 53.4 Å². The molecule has 1 aliphatic rings. The minimum absolute atomic E-state index is 0.0601. The maximum Gasteiger partial charge on any atom is 0.167 e. The van der Waals surface area contributed by atoms with Gasteiger partial charge in [-0.3, -0.25) is 0 Å². The number of benzene rings is 2. The van der Waals surface area contributed by atoms with Gasteiger partial charge in [0.2, 0.25) is 0 Å². The fourth-order valence-corrected chi connectivity index (χ4v) is 4.22. The molecular weight excluding hydrogens is 327 g/mol. The molecule has 0 aliphatic carbocycles. The summed E-state index contributed by atoms with van der Waals surface area (Å²) in [6.45, 7) is 2.08. The minimum Gasteiger partial charge on any atom is -0.356 e. The van der Waals surface area contributed by atoms with Gasteiger partial charge in [0.1, 0.15) is 5.82 Å². The summed E-state index contributed by atoms with van der Waals surface area (Å²) in [5, 5.41) is 7.26. The predicted molar refractivity (Wildman–Crippen MR) is 98.2 cm³/mol. The molecule has 120 valence electrons. The molecule has 0 spiro atoms. The molecule has 3 rings (SSSR count). The fourth-order valence-electron chi connectivity index (χ4n) is 2.76. The van der Waals surface area contributed by atoms with Gasteiger partial charge in [-0.25, -0.2) is 4.39 Å². The highest BCUT2D eigenvalue weighted by Gasteiger charge is 2.23. The molecule has 2 aromatic rings. The number of nitrogens with one attached hydrogen (secondary N) is 2. The minimum atomic E-state index is -0.143. The van der Waals surface area contributed by atoms with Gasteiger partial charge in [0.05, 0.1) is 12.1 Å². The SMILES string of the molecule is CC(NC(=S)NC1CCSc2c(F)cccc21)c1ccccc1. The van der Waals surface area contributed by atoms with E-state index in [1.807, 2.05) is 24.3 Å². The van der Waals surface area contributed by atoms with Crippen LogP contribution in [0.5, 0.6) is 0 Å². The maximum absolute atomic E-state index is 13.9. The van der Waals surface area contributed by atoms with Crippen LogP contribution in [-0.4, -0.2) is 10.9 Å². The van der Waals surface area contributed by atoms with E-state index in [-0.39, 0.29) is 17.9 Å². The first-order valence-electron chi connectivity index (χ1n) is 7.68. The van der Waals surface area contributed by atoms with Gasteiger partial charge in [0.25, 0.3) is 0 Å². The summed E-state index contributed by atoms with van der Waals surface area (Å²) in [5.74, 6) is 0.748. The van der Waals surface area contributed by atoms with Crippen molar-refractivity contribution in [2.75, 3.05) is 5.75 Å². The van der Waals surface area contributed by atoms with Crippen LogP contribution in [0.25, 0.3) is 0 Å². The fraction of sp³-hybridized carbons (Fsp3) is 0.278. The van der Waals surface area contributed by atoms with Crippen LogP contribution < -0.4 is 10.6 Å². The standard InChI is InChI=1S/C18H19FN2S2/c1-12(13-6-3-2-4-7-13)20-18(22)21-16-10-11-23-17-14(16)8-5-9-15(17)19/h2-9,12,16H,10-11H2,1H3,(H2,20,21,22). The zero-order chi connectivity index (χ0) is 16.2. The van der Waals surface area contributed by atoms with Gasteiger partial charge in [-0.2, -0.15) is 0 Å². The largest absolute Gasteiger partial charge is 0.356 e. The third kappa shape index (κ3) is 3.85. The molecule has 0 amide bonds. The average molecular weight is 346 g/mol. The zero-order valence-electron chi connectivity index (χ0n) is 12.9. The van der Waals surface area contributed by atoms with E-state index in [4.69, 9.17) is 12.2 Å². The topological polar surface area (TPSA) is 24.1 Å². The molecule has 0 radical (unpaired) electrons. The Labute approximate surface area is 145 Å². The summed E-state index contributed by atoms with van der Waals surface area (Å²) in [6.07, 6.45) is 0.933. The molecule has 0 saturated carbocycles. The van der Waals surface area contributed by atoms with Gasteiger partial charge < -0.3 is 10.6 Å². The first-order chi connectivity index (χ1) is 11.1. The summed E-state index contributed by atoms with van der Waals surface area (Å²) in [6, 6.07) is 15.6. The van der Waals surface area contributed by atoms with Crippen molar-refractivity contribution in [3.63, 3.8) is 0 Å². The number of halogens is 1. The molecule has 0 fully saturated rings. The average Bonchev–Trinajstić information content (AvgIpc) is 2.56. The Morgan fingerprint density at radius 1 is 1.22 bits per heavy atom. The van der Waals surface area contributed by atoms with E-state index in [9.17, 15) is 4.39 Å². The zero-order valence-corrected chi connectivity index (χ0v) is 14.5. The van der Waals surface area contributed by atoms with Crippen molar-refractivity contribution in [1.82, 2.24) is 10.6 Å². The summed E-state index contributed by atoms with van der Waals surface area (Å²) in [7, 11) is 0. The smallest absolute Gasteiger partial charge is 0.167 e. The highest BCUT2D eigenvalue weighted by Crippen LogP contribution is 2.37. The molecule has 0 aromatic heterocycles. The lowest BCUT2D eigenvalue weighted by molar-refractivity contribution is 0.553. The van der Waals surface area contributed by atoms with E-state index in [1.54, 1.807) is 17.8 Å². The Morgan fingerprint density at radius 2 is 2.00 bits per heavy atom. The number of hydrogen-bond acceptors (Lipinski definition) is 2. The normalized spacial score (nSPS) is 17.9. The van der Waals surface area contributed by atoms with E-state index in [2.05, 4.69) is 29.7 Å². The Hall–Kier alpha value is -1.59. The van der Waals surface area contributed by atoms with Crippen LogP contribution in [0.2, 0.25) is 0 Å². The second-order valence-electron chi connectivity index (χ2n) is 5.60. The first-order valence-corrected chi connectivity index (χ1v) is 9.07. The van der Waals surface area contributed by atoms with Gasteiger partial charge in [-0.05, 0) is 42.8 Å². The van der Waals surface area contributed by atoms with Gasteiger partial charge in [-0.1, -0.05) is 42.5 Å². The maximum atomic E-state index is 13.9.